The van der Waals surface area contributed by atoms with E-state index in [1.807, 2.05) is 32.6 Å². The first-order chi connectivity index (χ1) is 25.4. The number of hydrogen-bond donors (Lipinski definition) is 8. The van der Waals surface area contributed by atoms with Gasteiger partial charge in [-0.1, -0.05) is 26.0 Å². The number of fused-ring (bicyclic) bond motifs is 11. The van der Waals surface area contributed by atoms with Crippen LogP contribution in [-0.4, -0.2) is 84.0 Å². The largest absolute Gasteiger partial charge is 0.494 e. The summed E-state index contributed by atoms with van der Waals surface area (Å²) >= 11 is 1.88. The fourth-order valence-corrected chi connectivity index (χ4v) is 6.14. The molecule has 10 N–H and O–H groups in total. The second-order valence-corrected chi connectivity index (χ2v) is 13.7. The molecular weight excluding hydrogens is 770 g/mol. The molecule has 0 fully saturated rings. The third kappa shape index (κ3) is 14.6. The van der Waals surface area contributed by atoms with Crippen molar-refractivity contribution >= 4 is 35.5 Å². The van der Waals surface area contributed by atoms with E-state index >= 15 is 0 Å². The molecule has 0 unspecified atom stereocenters. The number of aromatic nitrogens is 1. The van der Waals surface area contributed by atoms with Crippen LogP contribution in [0, 0.1) is 17.8 Å². The number of nitrogens with one attached hydrogen (secondary N) is 5. The fourth-order valence-electron chi connectivity index (χ4n) is 5.84. The summed E-state index contributed by atoms with van der Waals surface area (Å²) < 4.78 is 9.82. The topological polar surface area (TPSA) is 265 Å². The van der Waals surface area contributed by atoms with Crippen molar-refractivity contribution in [1.29, 1.82) is 0 Å². The van der Waals surface area contributed by atoms with Crippen LogP contribution >= 0.6 is 0 Å². The van der Waals surface area contributed by atoms with Gasteiger partial charge in [-0.25, -0.2) is 5.48 Å². The number of carbonyl (C=O) groups excluding carboxylic acids is 5. The molecule has 5 amide bonds. The first-order valence-corrected chi connectivity index (χ1v) is 18.3. The Balaban J connectivity index is 1.79. The SMILES string of the molecule is CC(C)C[C@H]1C(=O)N[C@H](C(=O)N[C@@H](CCCN=C(N)N)C(=O)NCCNC(=O)c2ccc(C[N]=[Tc])nc2)Cc2ccc(cc2)OCCC[C@@H]1C(=O)NO. The first-order valence-electron chi connectivity index (χ1n) is 17.5. The Labute approximate surface area is 319 Å². The standard InChI is InChI=1S/C35H50N10O7.Tc/c1-21(2)17-27-26(32(48)45-51)5-4-16-52-25-11-7-22(8-12-25)18-29(44-31(27)47)34(50)43-28(6-3-13-41-35(37)38)33(49)40-15-14-39-30(46)23-9-10-24(19-36)42-20-23;/h7-12,20-21,26-29,51H,3-6,13-19H2,1-2H3,(H,39,46)(H,40,49)(H,43,50)(H,44,47)(H,45,48)(H4,37,38,41);/t26-,27+,28-,29-;/m0./s1. The third-order valence-electron chi connectivity index (χ3n) is 8.52. The van der Waals surface area contributed by atoms with Gasteiger partial charge in [0, 0.05) is 18.9 Å². The van der Waals surface area contributed by atoms with Gasteiger partial charge in [0.05, 0.1) is 12.5 Å². The number of hydrogen-bond acceptors (Lipinski definition) is 10. The summed E-state index contributed by atoms with van der Waals surface area (Å²) in [4.78, 5) is 75.0. The number of ether oxygens (including phenoxy) is 1. The maximum Gasteiger partial charge on any atom is 0.247 e. The molecule has 4 rings (SSSR count). The van der Waals surface area contributed by atoms with Crippen LogP contribution in [0.25, 0.3) is 0 Å². The van der Waals surface area contributed by atoms with Crippen molar-refractivity contribution in [2.45, 2.75) is 71.0 Å². The minimum absolute atomic E-state index is 0.0103. The molecule has 0 saturated carbocycles. The van der Waals surface area contributed by atoms with Gasteiger partial charge in [-0.3, -0.25) is 29.4 Å². The average molecular weight is 821 g/mol. The molecular formula is C35H50N10O7Tc. The summed E-state index contributed by atoms with van der Waals surface area (Å²) in [5.41, 5.74) is 14.4. The van der Waals surface area contributed by atoms with Gasteiger partial charge in [0.1, 0.15) is 17.8 Å². The van der Waals surface area contributed by atoms with E-state index in [0.717, 1.165) is 5.69 Å². The zero-order chi connectivity index (χ0) is 38.8. The molecule has 0 saturated heterocycles. The Kier molecular flexibility index (Phi) is 17.9. The van der Waals surface area contributed by atoms with E-state index in [0.29, 0.717) is 49.3 Å². The number of nitrogens with two attached hydrogens (primary N) is 2. The molecule has 2 aromatic rings. The molecule has 4 atom stereocenters. The van der Waals surface area contributed by atoms with Crippen LogP contribution in [-0.2, 0) is 50.9 Å². The molecule has 1 aromatic carbocycles. The number of hydroxylamine groups is 1. The first kappa shape index (κ1) is 42.6. The number of benzene rings is 1. The van der Waals surface area contributed by atoms with Crippen LogP contribution in [0.3, 0.4) is 0 Å². The van der Waals surface area contributed by atoms with Gasteiger partial charge in [-0.15, -0.1) is 0 Å². The van der Waals surface area contributed by atoms with E-state index in [2.05, 4.69) is 34.9 Å². The Hall–Kier alpha value is -4.80. The molecule has 2 bridgehead atoms. The predicted molar refractivity (Wildman–Crippen MR) is 191 cm³/mol. The van der Waals surface area contributed by atoms with Crippen LogP contribution < -0.4 is 43.0 Å². The molecule has 2 aliphatic rings. The molecule has 0 spiro atoms. The molecule has 1 aromatic heterocycles. The Morgan fingerprint density at radius 1 is 1.08 bits per heavy atom. The molecule has 0 radical (unpaired) electrons. The summed E-state index contributed by atoms with van der Waals surface area (Å²) in [5.74, 6) is -4.00. The number of carbonyl (C=O) groups is 5. The van der Waals surface area contributed by atoms with E-state index in [1.54, 1.807) is 41.9 Å². The molecule has 289 valence electrons. The molecule has 18 heteroatoms. The van der Waals surface area contributed by atoms with E-state index in [4.69, 9.17) is 16.2 Å². The van der Waals surface area contributed by atoms with Crippen LogP contribution in [0.1, 0.15) is 67.6 Å². The zero-order valence-corrected chi connectivity index (χ0v) is 31.8. The van der Waals surface area contributed by atoms with Crippen LogP contribution in [0.4, 0.5) is 0 Å². The van der Waals surface area contributed by atoms with E-state index in [-0.39, 0.29) is 56.7 Å². The van der Waals surface area contributed by atoms with Gasteiger partial charge in [0.2, 0.25) is 17.7 Å². The van der Waals surface area contributed by atoms with Crippen molar-refractivity contribution in [3.63, 3.8) is 0 Å². The second-order valence-electron chi connectivity index (χ2n) is 13.1. The average Bonchev–Trinajstić information content (AvgIpc) is 3.13. The summed E-state index contributed by atoms with van der Waals surface area (Å²) in [6.07, 6.45) is 3.02. The maximum absolute atomic E-state index is 14.0. The van der Waals surface area contributed by atoms with E-state index < -0.39 is 47.5 Å². The molecule has 17 nitrogen and oxygen atoms in total. The number of amides is 5. The van der Waals surface area contributed by atoms with Crippen molar-refractivity contribution in [1.82, 2.24) is 31.7 Å². The van der Waals surface area contributed by atoms with Crippen LogP contribution in [0.15, 0.2) is 51.2 Å². The summed E-state index contributed by atoms with van der Waals surface area (Å²) in [5, 5.41) is 20.6. The quantitative estimate of drug-likeness (QED) is 0.0380. The smallest absolute Gasteiger partial charge is 0.247 e. The van der Waals surface area contributed by atoms with Gasteiger partial charge in [0.25, 0.3) is 0 Å². The van der Waals surface area contributed by atoms with E-state index in [1.165, 1.54) is 6.20 Å². The Morgan fingerprint density at radius 3 is 2.45 bits per heavy atom. The van der Waals surface area contributed by atoms with Crippen molar-refractivity contribution < 1.29 is 52.6 Å². The van der Waals surface area contributed by atoms with Crippen LogP contribution in [0.2, 0.25) is 0 Å². The third-order valence-corrected chi connectivity index (χ3v) is 8.81. The second kappa shape index (κ2) is 22.3. The Morgan fingerprint density at radius 2 is 1.81 bits per heavy atom. The number of rotatable bonds is 16. The van der Waals surface area contributed by atoms with Gasteiger partial charge < -0.3 is 26.8 Å². The minimum Gasteiger partial charge on any atom is -0.494 e. The predicted octanol–water partition coefficient (Wildman–Crippen LogP) is 0.380. The van der Waals surface area contributed by atoms with Crippen molar-refractivity contribution in [3.05, 3.63) is 59.4 Å². The van der Waals surface area contributed by atoms with Gasteiger partial charge in [-0.05, 0) is 55.7 Å². The van der Waals surface area contributed by atoms with Crippen LogP contribution in [0.5, 0.6) is 5.75 Å². The normalized spacial score (nSPS) is 18.0. The van der Waals surface area contributed by atoms with Crippen molar-refractivity contribution in [2.24, 2.45) is 37.8 Å². The van der Waals surface area contributed by atoms with Gasteiger partial charge in [-0.2, -0.15) is 0 Å². The number of guanidine groups is 1. The fraction of sp³-hybridized carbons (Fsp3) is 0.514. The van der Waals surface area contributed by atoms with Gasteiger partial charge in [0.15, 0.2) is 5.96 Å². The van der Waals surface area contributed by atoms with Crippen molar-refractivity contribution in [2.75, 3.05) is 26.2 Å². The number of aliphatic imine (C=N–C) groups is 1. The Bertz CT molecular complexity index is 1570. The summed E-state index contributed by atoms with van der Waals surface area (Å²) in [6.45, 7) is 4.92. The zero-order valence-electron chi connectivity index (χ0n) is 30.0. The van der Waals surface area contributed by atoms with E-state index in [9.17, 15) is 29.2 Å². The summed E-state index contributed by atoms with van der Waals surface area (Å²) in [6, 6.07) is 8.25. The molecule has 53 heavy (non-hydrogen) atoms. The molecule has 0 aliphatic carbocycles. The number of pyridine rings is 1. The maximum atomic E-state index is 14.0. The molecule has 2 aliphatic heterocycles. The van der Waals surface area contributed by atoms with Gasteiger partial charge >= 0.3 is 104 Å². The monoisotopic (exact) mass is 819 g/mol. The minimum atomic E-state index is -1.14. The summed E-state index contributed by atoms with van der Waals surface area (Å²) in [7, 11) is 0. The number of nitrogens with zero attached hydrogens (tertiary/aromatic N) is 3. The molecule has 3 heterocycles. The van der Waals surface area contributed by atoms with Crippen molar-refractivity contribution in [3.8, 4) is 5.75 Å².